The fourth-order valence-corrected chi connectivity index (χ4v) is 2.80. The van der Waals surface area contributed by atoms with Crippen molar-refractivity contribution in [3.05, 3.63) is 58.1 Å². The number of carbonyl (C=O) groups excluding carboxylic acids is 1. The van der Waals surface area contributed by atoms with E-state index in [4.69, 9.17) is 17.3 Å². The first-order chi connectivity index (χ1) is 10.0. The van der Waals surface area contributed by atoms with Gasteiger partial charge in [-0.2, -0.15) is 0 Å². The van der Waals surface area contributed by atoms with Crippen LogP contribution in [0.5, 0.6) is 5.75 Å². The van der Waals surface area contributed by atoms with Crippen LogP contribution in [0.1, 0.15) is 21.5 Å². The SMILES string of the molecule is Nc1ccc2c(c1)CN(C(=O)c1cc(O)ccc1Cl)CC2. The van der Waals surface area contributed by atoms with Gasteiger partial charge < -0.3 is 15.7 Å². The van der Waals surface area contributed by atoms with Crippen molar-refractivity contribution in [1.82, 2.24) is 4.90 Å². The van der Waals surface area contributed by atoms with Gasteiger partial charge in [-0.3, -0.25) is 4.79 Å². The van der Waals surface area contributed by atoms with Gasteiger partial charge in [-0.15, -0.1) is 0 Å². The van der Waals surface area contributed by atoms with Gasteiger partial charge in [0.1, 0.15) is 5.75 Å². The first-order valence-corrected chi connectivity index (χ1v) is 7.07. The zero-order valence-corrected chi connectivity index (χ0v) is 12.1. The molecule has 4 nitrogen and oxygen atoms in total. The molecule has 0 unspecified atom stereocenters. The number of nitrogens with two attached hydrogens (primary N) is 1. The van der Waals surface area contributed by atoms with Crippen LogP contribution in [-0.2, 0) is 13.0 Å². The summed E-state index contributed by atoms with van der Waals surface area (Å²) in [5.74, 6) is -0.145. The Labute approximate surface area is 127 Å². The van der Waals surface area contributed by atoms with Crippen molar-refractivity contribution in [2.24, 2.45) is 0 Å². The summed E-state index contributed by atoms with van der Waals surface area (Å²) < 4.78 is 0. The minimum absolute atomic E-state index is 0.0319. The Morgan fingerprint density at radius 1 is 1.19 bits per heavy atom. The number of halogens is 1. The molecule has 21 heavy (non-hydrogen) atoms. The first-order valence-electron chi connectivity index (χ1n) is 6.69. The Hall–Kier alpha value is -2.20. The molecule has 0 aromatic heterocycles. The summed E-state index contributed by atoms with van der Waals surface area (Å²) in [6.45, 7) is 1.13. The number of carbonyl (C=O) groups is 1. The van der Waals surface area contributed by atoms with E-state index in [1.54, 1.807) is 4.90 Å². The molecule has 1 aliphatic rings. The summed E-state index contributed by atoms with van der Waals surface area (Å²) in [7, 11) is 0. The number of phenols is 1. The average Bonchev–Trinajstić information content (AvgIpc) is 2.48. The normalized spacial score (nSPS) is 13.9. The lowest BCUT2D eigenvalue weighted by Crippen LogP contribution is -2.36. The highest BCUT2D eigenvalue weighted by atomic mass is 35.5. The molecule has 0 fully saturated rings. The zero-order chi connectivity index (χ0) is 15.0. The van der Waals surface area contributed by atoms with E-state index in [1.165, 1.54) is 23.8 Å². The van der Waals surface area contributed by atoms with Gasteiger partial charge in [0.25, 0.3) is 5.91 Å². The third-order valence-electron chi connectivity index (χ3n) is 3.71. The van der Waals surface area contributed by atoms with E-state index in [0.717, 1.165) is 12.0 Å². The van der Waals surface area contributed by atoms with Crippen LogP contribution in [0.25, 0.3) is 0 Å². The predicted octanol–water partition coefficient (Wildman–Crippen LogP) is 2.83. The molecule has 0 spiro atoms. The van der Waals surface area contributed by atoms with E-state index in [0.29, 0.717) is 29.4 Å². The maximum Gasteiger partial charge on any atom is 0.255 e. The molecule has 1 heterocycles. The van der Waals surface area contributed by atoms with Crippen LogP contribution in [0.3, 0.4) is 0 Å². The van der Waals surface area contributed by atoms with E-state index in [-0.39, 0.29) is 11.7 Å². The predicted molar refractivity (Wildman–Crippen MR) is 82.4 cm³/mol. The lowest BCUT2D eigenvalue weighted by Gasteiger charge is -2.29. The monoisotopic (exact) mass is 302 g/mol. The Kier molecular flexibility index (Phi) is 3.47. The minimum atomic E-state index is -0.177. The van der Waals surface area contributed by atoms with Crippen LogP contribution >= 0.6 is 11.6 Å². The fraction of sp³-hybridized carbons (Fsp3) is 0.188. The molecule has 0 atom stereocenters. The highest BCUT2D eigenvalue weighted by molar-refractivity contribution is 6.33. The number of anilines is 1. The molecule has 1 amide bonds. The van der Waals surface area contributed by atoms with Crippen molar-refractivity contribution in [3.63, 3.8) is 0 Å². The van der Waals surface area contributed by atoms with Crippen molar-refractivity contribution in [2.75, 3.05) is 12.3 Å². The van der Waals surface area contributed by atoms with Crippen molar-refractivity contribution in [1.29, 1.82) is 0 Å². The second kappa shape index (κ2) is 5.30. The highest BCUT2D eigenvalue weighted by Gasteiger charge is 2.23. The molecule has 2 aromatic carbocycles. The molecule has 3 N–H and O–H groups in total. The highest BCUT2D eigenvalue weighted by Crippen LogP contribution is 2.26. The van der Waals surface area contributed by atoms with E-state index in [1.807, 2.05) is 18.2 Å². The van der Waals surface area contributed by atoms with Crippen LogP contribution < -0.4 is 5.73 Å². The zero-order valence-electron chi connectivity index (χ0n) is 11.3. The lowest BCUT2D eigenvalue weighted by molar-refractivity contribution is 0.0734. The number of hydrogen-bond donors (Lipinski definition) is 2. The van der Waals surface area contributed by atoms with Crippen LogP contribution in [0.4, 0.5) is 5.69 Å². The maximum absolute atomic E-state index is 12.6. The number of nitrogens with zero attached hydrogens (tertiary/aromatic N) is 1. The second-order valence-electron chi connectivity index (χ2n) is 5.17. The largest absolute Gasteiger partial charge is 0.508 e. The quantitative estimate of drug-likeness (QED) is 0.796. The van der Waals surface area contributed by atoms with Crippen molar-refractivity contribution in [2.45, 2.75) is 13.0 Å². The van der Waals surface area contributed by atoms with E-state index in [9.17, 15) is 9.90 Å². The molecule has 0 saturated carbocycles. The number of benzene rings is 2. The first kappa shape index (κ1) is 13.8. The van der Waals surface area contributed by atoms with Crippen LogP contribution in [0, 0.1) is 0 Å². The summed E-state index contributed by atoms with van der Waals surface area (Å²) in [5, 5.41) is 9.88. The van der Waals surface area contributed by atoms with Crippen molar-refractivity contribution in [3.8, 4) is 5.75 Å². The van der Waals surface area contributed by atoms with Gasteiger partial charge in [-0.05, 0) is 47.9 Å². The molecular formula is C16H15ClN2O2. The molecule has 1 aliphatic heterocycles. The molecular weight excluding hydrogens is 288 g/mol. The van der Waals surface area contributed by atoms with Crippen LogP contribution in [0.15, 0.2) is 36.4 Å². The average molecular weight is 303 g/mol. The van der Waals surface area contributed by atoms with Gasteiger partial charge in [0.05, 0.1) is 10.6 Å². The van der Waals surface area contributed by atoms with Crippen molar-refractivity contribution < 1.29 is 9.90 Å². The number of hydrogen-bond acceptors (Lipinski definition) is 3. The summed E-state index contributed by atoms with van der Waals surface area (Å²) >= 11 is 6.06. The topological polar surface area (TPSA) is 66.6 Å². The molecule has 5 heteroatoms. The minimum Gasteiger partial charge on any atom is -0.508 e. The lowest BCUT2D eigenvalue weighted by atomic mass is 9.98. The van der Waals surface area contributed by atoms with Crippen LogP contribution in [-0.4, -0.2) is 22.5 Å². The third kappa shape index (κ3) is 2.67. The second-order valence-corrected chi connectivity index (χ2v) is 5.58. The molecule has 0 bridgehead atoms. The Morgan fingerprint density at radius 2 is 2.00 bits per heavy atom. The Balaban J connectivity index is 1.88. The Bertz CT molecular complexity index is 715. The molecule has 0 aliphatic carbocycles. The van der Waals surface area contributed by atoms with Gasteiger partial charge in [-0.25, -0.2) is 0 Å². The van der Waals surface area contributed by atoms with Gasteiger partial charge >= 0.3 is 0 Å². The number of fused-ring (bicyclic) bond motifs is 1. The molecule has 2 aromatic rings. The molecule has 108 valence electrons. The third-order valence-corrected chi connectivity index (χ3v) is 4.04. The van der Waals surface area contributed by atoms with Gasteiger partial charge in [0.15, 0.2) is 0 Å². The van der Waals surface area contributed by atoms with Crippen LogP contribution in [0.2, 0.25) is 5.02 Å². The number of aromatic hydroxyl groups is 1. The Morgan fingerprint density at radius 3 is 2.81 bits per heavy atom. The molecule has 0 saturated heterocycles. The summed E-state index contributed by atoms with van der Waals surface area (Å²) in [6.07, 6.45) is 0.789. The molecule has 3 rings (SSSR count). The van der Waals surface area contributed by atoms with Gasteiger partial charge in [-0.1, -0.05) is 17.7 Å². The number of nitrogen functional groups attached to an aromatic ring is 1. The van der Waals surface area contributed by atoms with Crippen molar-refractivity contribution >= 4 is 23.2 Å². The number of amides is 1. The van der Waals surface area contributed by atoms with Gasteiger partial charge in [0, 0.05) is 18.8 Å². The summed E-state index contributed by atoms with van der Waals surface area (Å²) in [5.41, 5.74) is 9.10. The molecule has 0 radical (unpaired) electrons. The smallest absolute Gasteiger partial charge is 0.255 e. The van der Waals surface area contributed by atoms with E-state index >= 15 is 0 Å². The number of phenolic OH excluding ortho intramolecular Hbond substituents is 1. The maximum atomic E-state index is 12.6. The van der Waals surface area contributed by atoms with E-state index in [2.05, 4.69) is 0 Å². The van der Waals surface area contributed by atoms with Gasteiger partial charge in [0.2, 0.25) is 0 Å². The number of rotatable bonds is 1. The summed E-state index contributed by atoms with van der Waals surface area (Å²) in [4.78, 5) is 14.3. The fourth-order valence-electron chi connectivity index (χ4n) is 2.60. The van der Waals surface area contributed by atoms with E-state index < -0.39 is 0 Å². The standard InChI is InChI=1S/C16H15ClN2O2/c17-15-4-3-13(20)8-14(15)16(21)19-6-5-10-1-2-12(18)7-11(10)9-19/h1-4,7-8,20H,5-6,9,18H2. The summed E-state index contributed by atoms with van der Waals surface area (Å²) in [6, 6.07) is 10.2.